The van der Waals surface area contributed by atoms with Crippen LogP contribution < -0.4 is 10.6 Å². The molecule has 0 radical (unpaired) electrons. The van der Waals surface area contributed by atoms with Crippen LogP contribution in [0.1, 0.15) is 36.8 Å². The number of rotatable bonds is 2. The third kappa shape index (κ3) is 3.41. The summed E-state index contributed by atoms with van der Waals surface area (Å²) in [6.07, 6.45) is 0.0591. The van der Waals surface area contributed by atoms with Crippen LogP contribution in [0.15, 0.2) is 18.2 Å². The standard InChI is InChI=1S/C14H19F3N2/c15-14(16,17)13-9-12(6-5-11(13)10-18)19-7-3-1-2-4-8-19/h5-6,9H,1-4,7-8,10,18H2. The zero-order chi connectivity index (χ0) is 13.9. The third-order valence-corrected chi connectivity index (χ3v) is 3.59. The van der Waals surface area contributed by atoms with E-state index in [0.717, 1.165) is 38.8 Å². The van der Waals surface area contributed by atoms with Crippen molar-refractivity contribution in [2.75, 3.05) is 18.0 Å². The van der Waals surface area contributed by atoms with Gasteiger partial charge in [0.2, 0.25) is 0 Å². The van der Waals surface area contributed by atoms with Crippen molar-refractivity contribution in [1.29, 1.82) is 0 Å². The van der Waals surface area contributed by atoms with Crippen molar-refractivity contribution in [3.63, 3.8) is 0 Å². The van der Waals surface area contributed by atoms with Crippen molar-refractivity contribution in [2.45, 2.75) is 38.4 Å². The maximum Gasteiger partial charge on any atom is 0.416 e. The second-order valence-electron chi connectivity index (χ2n) is 4.94. The van der Waals surface area contributed by atoms with Gasteiger partial charge in [-0.15, -0.1) is 0 Å². The normalized spacial score (nSPS) is 17.4. The van der Waals surface area contributed by atoms with Crippen LogP contribution in [0.3, 0.4) is 0 Å². The lowest BCUT2D eigenvalue weighted by molar-refractivity contribution is -0.138. The van der Waals surface area contributed by atoms with Gasteiger partial charge >= 0.3 is 6.18 Å². The maximum absolute atomic E-state index is 13.0. The molecule has 2 rings (SSSR count). The Balaban J connectivity index is 2.31. The molecule has 0 bridgehead atoms. The quantitative estimate of drug-likeness (QED) is 0.892. The molecular weight excluding hydrogens is 253 g/mol. The van der Waals surface area contributed by atoms with Gasteiger partial charge in [-0.1, -0.05) is 18.9 Å². The molecule has 1 aliphatic heterocycles. The zero-order valence-corrected chi connectivity index (χ0v) is 10.8. The number of nitrogens with two attached hydrogens (primary N) is 1. The van der Waals surface area contributed by atoms with Crippen LogP contribution in [0.4, 0.5) is 18.9 Å². The molecule has 1 saturated heterocycles. The summed E-state index contributed by atoms with van der Waals surface area (Å²) in [5.74, 6) is 0. The largest absolute Gasteiger partial charge is 0.416 e. The van der Waals surface area contributed by atoms with E-state index in [2.05, 4.69) is 0 Å². The van der Waals surface area contributed by atoms with Gasteiger partial charge < -0.3 is 10.6 Å². The van der Waals surface area contributed by atoms with Crippen LogP contribution in [0.5, 0.6) is 0 Å². The Hall–Kier alpha value is -1.23. The SMILES string of the molecule is NCc1ccc(N2CCCCCC2)cc1C(F)(F)F. The fraction of sp³-hybridized carbons (Fsp3) is 0.571. The lowest BCUT2D eigenvalue weighted by atomic mass is 10.1. The summed E-state index contributed by atoms with van der Waals surface area (Å²) >= 11 is 0. The number of benzene rings is 1. The van der Waals surface area contributed by atoms with Crippen LogP contribution >= 0.6 is 0 Å². The summed E-state index contributed by atoms with van der Waals surface area (Å²) in [6, 6.07) is 4.50. The van der Waals surface area contributed by atoms with E-state index < -0.39 is 11.7 Å². The van der Waals surface area contributed by atoms with E-state index in [-0.39, 0.29) is 12.1 Å². The molecule has 0 saturated carbocycles. The Labute approximate surface area is 111 Å². The summed E-state index contributed by atoms with van der Waals surface area (Å²) in [5.41, 5.74) is 5.60. The highest BCUT2D eigenvalue weighted by atomic mass is 19.4. The van der Waals surface area contributed by atoms with E-state index in [9.17, 15) is 13.2 Å². The van der Waals surface area contributed by atoms with E-state index in [1.54, 1.807) is 6.07 Å². The smallest absolute Gasteiger partial charge is 0.372 e. The molecule has 19 heavy (non-hydrogen) atoms. The van der Waals surface area contributed by atoms with Gasteiger partial charge in [-0.05, 0) is 30.5 Å². The number of anilines is 1. The first-order valence-electron chi connectivity index (χ1n) is 6.67. The van der Waals surface area contributed by atoms with E-state index in [4.69, 9.17) is 5.73 Å². The Morgan fingerprint density at radius 1 is 1.05 bits per heavy atom. The second kappa shape index (κ2) is 5.82. The molecule has 1 aromatic carbocycles. The first-order chi connectivity index (χ1) is 9.02. The lowest BCUT2D eigenvalue weighted by Crippen LogP contribution is -2.24. The second-order valence-corrected chi connectivity index (χ2v) is 4.94. The van der Waals surface area contributed by atoms with Gasteiger partial charge in [-0.2, -0.15) is 13.2 Å². The number of alkyl halides is 3. The number of nitrogens with zero attached hydrogens (tertiary/aromatic N) is 1. The monoisotopic (exact) mass is 272 g/mol. The first-order valence-corrected chi connectivity index (χ1v) is 6.67. The average molecular weight is 272 g/mol. The van der Waals surface area contributed by atoms with E-state index in [1.807, 2.05) is 4.90 Å². The average Bonchev–Trinajstić information content (AvgIpc) is 2.66. The van der Waals surface area contributed by atoms with Crippen molar-refractivity contribution in [3.05, 3.63) is 29.3 Å². The molecule has 0 aromatic heterocycles. The van der Waals surface area contributed by atoms with Crippen LogP contribution in [0, 0.1) is 0 Å². The number of hydrogen-bond acceptors (Lipinski definition) is 2. The van der Waals surface area contributed by atoms with Gasteiger partial charge in [0.05, 0.1) is 5.56 Å². The van der Waals surface area contributed by atoms with Crippen LogP contribution in [0.25, 0.3) is 0 Å². The van der Waals surface area contributed by atoms with E-state index in [1.165, 1.54) is 12.1 Å². The summed E-state index contributed by atoms with van der Waals surface area (Å²) in [4.78, 5) is 2.04. The minimum Gasteiger partial charge on any atom is -0.372 e. The number of halogens is 3. The van der Waals surface area contributed by atoms with Crippen LogP contribution in [0.2, 0.25) is 0 Å². The molecule has 106 valence electrons. The molecule has 1 fully saturated rings. The minimum atomic E-state index is -4.34. The van der Waals surface area contributed by atoms with Gasteiger partial charge in [-0.25, -0.2) is 0 Å². The van der Waals surface area contributed by atoms with Crippen molar-refractivity contribution < 1.29 is 13.2 Å². The molecule has 1 heterocycles. The molecule has 5 heteroatoms. The predicted octanol–water partition coefficient (Wildman–Crippen LogP) is 3.54. The summed E-state index contributed by atoms with van der Waals surface area (Å²) in [7, 11) is 0. The van der Waals surface area contributed by atoms with Crippen molar-refractivity contribution in [2.24, 2.45) is 5.73 Å². The lowest BCUT2D eigenvalue weighted by Gasteiger charge is -2.24. The molecule has 0 unspecified atom stereocenters. The Bertz CT molecular complexity index is 421. The summed E-state index contributed by atoms with van der Waals surface area (Å²) in [5, 5.41) is 0. The molecule has 1 aromatic rings. The molecule has 0 atom stereocenters. The van der Waals surface area contributed by atoms with Gasteiger partial charge in [0.15, 0.2) is 0 Å². The molecule has 0 amide bonds. The van der Waals surface area contributed by atoms with E-state index >= 15 is 0 Å². The molecule has 1 aliphatic rings. The van der Waals surface area contributed by atoms with Crippen molar-refractivity contribution >= 4 is 5.69 Å². The Morgan fingerprint density at radius 3 is 2.21 bits per heavy atom. The highest BCUT2D eigenvalue weighted by molar-refractivity contribution is 5.52. The molecule has 2 nitrogen and oxygen atoms in total. The van der Waals surface area contributed by atoms with E-state index in [0.29, 0.717) is 5.69 Å². The molecule has 0 aliphatic carbocycles. The van der Waals surface area contributed by atoms with Gasteiger partial charge in [0.25, 0.3) is 0 Å². The highest BCUT2D eigenvalue weighted by Crippen LogP contribution is 2.35. The van der Waals surface area contributed by atoms with Gasteiger partial charge in [0, 0.05) is 25.3 Å². The molecule has 2 N–H and O–H groups in total. The Morgan fingerprint density at radius 2 is 1.68 bits per heavy atom. The summed E-state index contributed by atoms with van der Waals surface area (Å²) < 4.78 is 39.0. The van der Waals surface area contributed by atoms with Gasteiger partial charge in [-0.3, -0.25) is 0 Å². The molecular formula is C14H19F3N2. The fourth-order valence-corrected chi connectivity index (χ4v) is 2.53. The third-order valence-electron chi connectivity index (χ3n) is 3.59. The van der Waals surface area contributed by atoms with Crippen LogP contribution in [-0.2, 0) is 12.7 Å². The minimum absolute atomic E-state index is 0.0882. The first kappa shape index (κ1) is 14.2. The maximum atomic E-state index is 13.0. The topological polar surface area (TPSA) is 29.3 Å². The fourth-order valence-electron chi connectivity index (χ4n) is 2.53. The number of hydrogen-bond donors (Lipinski definition) is 1. The van der Waals surface area contributed by atoms with Gasteiger partial charge in [0.1, 0.15) is 0 Å². The van der Waals surface area contributed by atoms with Crippen molar-refractivity contribution in [3.8, 4) is 0 Å². The zero-order valence-electron chi connectivity index (χ0n) is 10.8. The Kier molecular flexibility index (Phi) is 4.34. The molecule has 0 spiro atoms. The van der Waals surface area contributed by atoms with Crippen LogP contribution in [-0.4, -0.2) is 13.1 Å². The van der Waals surface area contributed by atoms with Crippen molar-refractivity contribution in [1.82, 2.24) is 0 Å². The highest BCUT2D eigenvalue weighted by Gasteiger charge is 2.33. The summed E-state index contributed by atoms with van der Waals surface area (Å²) in [6.45, 7) is 1.58. The predicted molar refractivity (Wildman–Crippen MR) is 70.0 cm³/mol.